The molecule has 1 amide bonds. The van der Waals surface area contributed by atoms with Crippen LogP contribution in [0.15, 0.2) is 52.8 Å². The number of hydrogen-bond donors (Lipinski definition) is 1. The third-order valence-electron chi connectivity index (χ3n) is 5.51. The van der Waals surface area contributed by atoms with Gasteiger partial charge < -0.3 is 15.1 Å². The molecular weight excluding hydrogens is 507 g/mol. The first-order valence-electron chi connectivity index (χ1n) is 10.4. The van der Waals surface area contributed by atoms with Gasteiger partial charge in [-0.3, -0.25) is 4.79 Å². The molecule has 30 heavy (non-hydrogen) atoms. The van der Waals surface area contributed by atoms with Gasteiger partial charge in [-0.1, -0.05) is 36.4 Å². The molecule has 0 saturated carbocycles. The van der Waals surface area contributed by atoms with Crippen LogP contribution < -0.4 is 5.32 Å². The number of carbonyl (C=O) groups excluding carboxylic acids is 1. The van der Waals surface area contributed by atoms with Gasteiger partial charge in [0.25, 0.3) is 0 Å². The fourth-order valence-corrected chi connectivity index (χ4v) is 4.80. The number of nitrogens with one attached hydrogen (secondary N) is 1. The molecule has 0 fully saturated rings. The van der Waals surface area contributed by atoms with Crippen LogP contribution in [0.3, 0.4) is 0 Å². The fraction of sp³-hybridized carbons (Fsp3) is 0.391. The summed E-state index contributed by atoms with van der Waals surface area (Å²) in [6.45, 7) is 6.29. The third-order valence-corrected chi connectivity index (χ3v) is 6.54. The number of rotatable bonds is 4. The number of guanidine groups is 1. The second kappa shape index (κ2) is 10.9. The summed E-state index contributed by atoms with van der Waals surface area (Å²) in [6.07, 6.45) is 4.22. The minimum atomic E-state index is 0. The van der Waals surface area contributed by atoms with Crippen molar-refractivity contribution in [2.45, 2.75) is 26.3 Å². The number of aliphatic imine (C=N–C) groups is 1. The summed E-state index contributed by atoms with van der Waals surface area (Å²) in [4.78, 5) is 23.0. The van der Waals surface area contributed by atoms with Crippen molar-refractivity contribution in [2.24, 2.45) is 4.99 Å². The van der Waals surface area contributed by atoms with Gasteiger partial charge in [0.15, 0.2) is 5.96 Å². The molecule has 2 aromatic rings. The Hall–Kier alpha value is -1.87. The van der Waals surface area contributed by atoms with Gasteiger partial charge in [-0.25, -0.2) is 4.99 Å². The highest BCUT2D eigenvalue weighted by atomic mass is 127. The van der Waals surface area contributed by atoms with E-state index in [0.29, 0.717) is 0 Å². The van der Waals surface area contributed by atoms with Crippen LogP contribution >= 0.6 is 35.3 Å². The average Bonchev–Trinajstić information content (AvgIpc) is 3.25. The summed E-state index contributed by atoms with van der Waals surface area (Å²) < 4.78 is 0. The van der Waals surface area contributed by atoms with E-state index >= 15 is 0 Å². The van der Waals surface area contributed by atoms with Crippen molar-refractivity contribution in [1.82, 2.24) is 15.1 Å². The third kappa shape index (κ3) is 5.43. The number of benzene rings is 1. The lowest BCUT2D eigenvalue weighted by Crippen LogP contribution is -2.44. The van der Waals surface area contributed by atoms with Gasteiger partial charge >= 0.3 is 0 Å². The van der Waals surface area contributed by atoms with Crippen LogP contribution in [-0.4, -0.2) is 54.4 Å². The van der Waals surface area contributed by atoms with Gasteiger partial charge in [-0.05, 0) is 47.9 Å². The fourth-order valence-electron chi connectivity index (χ4n) is 3.91. The molecule has 1 aromatic carbocycles. The summed E-state index contributed by atoms with van der Waals surface area (Å²) in [7, 11) is 0. The molecule has 2 aliphatic rings. The van der Waals surface area contributed by atoms with Crippen LogP contribution in [0.25, 0.3) is 5.57 Å². The molecule has 3 heterocycles. The Bertz CT molecular complexity index is 909. The smallest absolute Gasteiger partial charge is 0.244 e. The molecule has 4 rings (SSSR count). The van der Waals surface area contributed by atoms with E-state index in [9.17, 15) is 4.79 Å². The summed E-state index contributed by atoms with van der Waals surface area (Å²) in [6, 6.07) is 12.7. The molecule has 0 radical (unpaired) electrons. The van der Waals surface area contributed by atoms with E-state index in [1.54, 1.807) is 11.3 Å². The standard InChI is InChI=1S/C23H28N4OS.HI/c1-2-24-23(26-12-8-19(9-13-26)18-6-4-3-5-7-18)25-16-22(28)27-14-10-21-20(17-27)11-15-29-21;/h3-8,11,15H,2,9-10,12-14,16-17H2,1H3,(H,24,25);1H. The summed E-state index contributed by atoms with van der Waals surface area (Å²) in [5.41, 5.74) is 3.97. The monoisotopic (exact) mass is 536 g/mol. The van der Waals surface area contributed by atoms with Crippen LogP contribution in [0.5, 0.6) is 0 Å². The Labute approximate surface area is 199 Å². The molecule has 160 valence electrons. The van der Waals surface area contributed by atoms with Gasteiger partial charge in [-0.15, -0.1) is 35.3 Å². The van der Waals surface area contributed by atoms with Gasteiger partial charge in [-0.2, -0.15) is 0 Å². The molecule has 0 unspecified atom stereocenters. The maximum absolute atomic E-state index is 12.7. The van der Waals surface area contributed by atoms with E-state index in [-0.39, 0.29) is 36.4 Å². The van der Waals surface area contributed by atoms with E-state index in [1.807, 2.05) is 11.0 Å². The lowest BCUT2D eigenvalue weighted by Gasteiger charge is -2.30. The van der Waals surface area contributed by atoms with Crippen molar-refractivity contribution in [1.29, 1.82) is 0 Å². The van der Waals surface area contributed by atoms with E-state index in [4.69, 9.17) is 0 Å². The number of thiophene rings is 1. The van der Waals surface area contributed by atoms with Crippen LogP contribution in [0.2, 0.25) is 0 Å². The minimum Gasteiger partial charge on any atom is -0.356 e. The Morgan fingerprint density at radius 1 is 1.13 bits per heavy atom. The van der Waals surface area contributed by atoms with Crippen molar-refractivity contribution < 1.29 is 4.79 Å². The highest BCUT2D eigenvalue weighted by Gasteiger charge is 2.22. The number of hydrogen-bond acceptors (Lipinski definition) is 3. The second-order valence-electron chi connectivity index (χ2n) is 7.40. The molecule has 7 heteroatoms. The van der Waals surface area contributed by atoms with Crippen LogP contribution in [0.1, 0.15) is 29.3 Å². The Morgan fingerprint density at radius 3 is 2.67 bits per heavy atom. The summed E-state index contributed by atoms with van der Waals surface area (Å²) in [5, 5.41) is 5.47. The first-order chi connectivity index (χ1) is 14.2. The van der Waals surface area contributed by atoms with E-state index < -0.39 is 0 Å². The SMILES string of the molecule is CCNC(=NCC(=O)N1CCc2sccc2C1)N1CC=C(c2ccccc2)CC1.I. The van der Waals surface area contributed by atoms with E-state index in [2.05, 4.69) is 63.9 Å². The molecule has 0 spiro atoms. The lowest BCUT2D eigenvalue weighted by atomic mass is 10.00. The first kappa shape index (κ1) is 22.8. The van der Waals surface area contributed by atoms with Crippen LogP contribution in [-0.2, 0) is 17.8 Å². The van der Waals surface area contributed by atoms with Crippen molar-refractivity contribution in [3.63, 3.8) is 0 Å². The topological polar surface area (TPSA) is 47.9 Å². The normalized spacial score (nSPS) is 16.4. The molecule has 5 nitrogen and oxygen atoms in total. The van der Waals surface area contributed by atoms with E-state index in [1.165, 1.54) is 21.6 Å². The molecule has 1 N–H and O–H groups in total. The molecule has 0 aliphatic carbocycles. The first-order valence-corrected chi connectivity index (χ1v) is 11.2. The van der Waals surface area contributed by atoms with Crippen molar-refractivity contribution >= 4 is 52.8 Å². The van der Waals surface area contributed by atoms with Crippen molar-refractivity contribution in [3.05, 3.63) is 63.9 Å². The molecule has 2 aliphatic heterocycles. The number of halogens is 1. The maximum atomic E-state index is 12.7. The predicted molar refractivity (Wildman–Crippen MR) is 135 cm³/mol. The van der Waals surface area contributed by atoms with Gasteiger partial charge in [0.05, 0.1) is 0 Å². The largest absolute Gasteiger partial charge is 0.356 e. The molecule has 0 atom stereocenters. The Kier molecular flexibility index (Phi) is 8.32. The molecule has 1 aromatic heterocycles. The van der Waals surface area contributed by atoms with Crippen LogP contribution in [0, 0.1) is 0 Å². The molecule has 0 bridgehead atoms. The van der Waals surface area contributed by atoms with E-state index in [0.717, 1.165) is 51.5 Å². The summed E-state index contributed by atoms with van der Waals surface area (Å²) >= 11 is 1.79. The van der Waals surface area contributed by atoms with Crippen molar-refractivity contribution in [2.75, 3.05) is 32.7 Å². The Morgan fingerprint density at radius 2 is 1.93 bits per heavy atom. The number of amides is 1. The van der Waals surface area contributed by atoms with Gasteiger partial charge in [0.1, 0.15) is 6.54 Å². The predicted octanol–water partition coefficient (Wildman–Crippen LogP) is 4.01. The zero-order valence-corrected chi connectivity index (χ0v) is 20.5. The maximum Gasteiger partial charge on any atom is 0.244 e. The van der Waals surface area contributed by atoms with Crippen molar-refractivity contribution in [3.8, 4) is 0 Å². The van der Waals surface area contributed by atoms with Crippen LogP contribution in [0.4, 0.5) is 0 Å². The number of carbonyl (C=O) groups is 1. The van der Waals surface area contributed by atoms with Gasteiger partial charge in [0, 0.05) is 37.6 Å². The highest BCUT2D eigenvalue weighted by Crippen LogP contribution is 2.24. The Balaban J connectivity index is 0.00000256. The quantitative estimate of drug-likeness (QED) is 0.365. The zero-order chi connectivity index (χ0) is 20.1. The number of fused-ring (bicyclic) bond motifs is 1. The minimum absolute atomic E-state index is 0. The second-order valence-corrected chi connectivity index (χ2v) is 8.40. The molecule has 0 saturated heterocycles. The zero-order valence-electron chi connectivity index (χ0n) is 17.3. The summed E-state index contributed by atoms with van der Waals surface area (Å²) in [5.74, 6) is 0.937. The molecular formula is C23H29IN4OS. The highest BCUT2D eigenvalue weighted by molar-refractivity contribution is 14.0. The average molecular weight is 536 g/mol. The number of nitrogens with zero attached hydrogens (tertiary/aromatic N) is 3. The van der Waals surface area contributed by atoms with Gasteiger partial charge in [0.2, 0.25) is 5.91 Å². The lowest BCUT2D eigenvalue weighted by molar-refractivity contribution is -0.130.